The van der Waals surface area contributed by atoms with E-state index in [9.17, 15) is 4.79 Å². The number of hydrogen-bond donors (Lipinski definition) is 0. The molecule has 0 saturated heterocycles. The van der Waals surface area contributed by atoms with Gasteiger partial charge in [0.1, 0.15) is 0 Å². The van der Waals surface area contributed by atoms with Gasteiger partial charge in [-0.05, 0) is 38.3 Å². The molecule has 2 nitrogen and oxygen atoms in total. The van der Waals surface area contributed by atoms with Crippen LogP contribution in [-0.2, 0) is 9.53 Å². The highest BCUT2D eigenvalue weighted by Gasteiger charge is 2.07. The second kappa shape index (κ2) is 7.63. The molecular formula is C11H18O2. The van der Waals surface area contributed by atoms with E-state index in [1.54, 1.807) is 0 Å². The maximum atomic E-state index is 11.0. The second-order valence-electron chi connectivity index (χ2n) is 3.01. The molecule has 0 N–H and O–H groups in total. The molecule has 1 unspecified atom stereocenters. The Labute approximate surface area is 80.3 Å². The van der Waals surface area contributed by atoms with Gasteiger partial charge >= 0.3 is 5.97 Å². The van der Waals surface area contributed by atoms with Crippen molar-refractivity contribution < 1.29 is 9.53 Å². The van der Waals surface area contributed by atoms with Crippen molar-refractivity contribution in [1.29, 1.82) is 0 Å². The molecule has 0 aromatic heterocycles. The van der Waals surface area contributed by atoms with Gasteiger partial charge < -0.3 is 4.74 Å². The first kappa shape index (κ1) is 12.0. The summed E-state index contributed by atoms with van der Waals surface area (Å²) in [6.07, 6.45) is 5.18. The summed E-state index contributed by atoms with van der Waals surface area (Å²) in [5.74, 6) is 0.232. The zero-order chi connectivity index (χ0) is 10.1. The van der Waals surface area contributed by atoms with Crippen molar-refractivity contribution in [2.75, 3.05) is 6.61 Å². The molecule has 74 valence electrons. The van der Waals surface area contributed by atoms with E-state index < -0.39 is 0 Å². The molecule has 0 saturated carbocycles. The quantitative estimate of drug-likeness (QED) is 0.482. The standard InChI is InChI=1S/C11H18O2/c1-4-6-7-8-10(3)9-11(12)13-5-2/h4,7,10H,5,8-9H2,1-3H3. The van der Waals surface area contributed by atoms with E-state index in [1.807, 2.05) is 32.9 Å². The van der Waals surface area contributed by atoms with Gasteiger partial charge in [0.05, 0.1) is 6.61 Å². The fourth-order valence-corrected chi connectivity index (χ4v) is 0.975. The molecule has 0 aliphatic carbocycles. The van der Waals surface area contributed by atoms with Crippen LogP contribution in [0.4, 0.5) is 0 Å². The number of esters is 1. The summed E-state index contributed by atoms with van der Waals surface area (Å²) in [5.41, 5.74) is 2.98. The molecule has 0 aromatic rings. The smallest absolute Gasteiger partial charge is 0.306 e. The molecule has 0 aliphatic heterocycles. The van der Waals surface area contributed by atoms with Crippen LogP contribution in [0.15, 0.2) is 17.9 Å². The number of carbonyl (C=O) groups excluding carboxylic acids is 1. The molecule has 0 aliphatic rings. The van der Waals surface area contributed by atoms with Crippen LogP contribution in [0.5, 0.6) is 0 Å². The van der Waals surface area contributed by atoms with Gasteiger partial charge in [0.25, 0.3) is 0 Å². The molecule has 1 atom stereocenters. The van der Waals surface area contributed by atoms with Gasteiger partial charge in [0.15, 0.2) is 0 Å². The minimum absolute atomic E-state index is 0.108. The van der Waals surface area contributed by atoms with Crippen LogP contribution < -0.4 is 0 Å². The fourth-order valence-electron chi connectivity index (χ4n) is 0.975. The van der Waals surface area contributed by atoms with E-state index in [-0.39, 0.29) is 5.97 Å². The summed E-state index contributed by atoms with van der Waals surface area (Å²) in [5, 5.41) is 0. The van der Waals surface area contributed by atoms with Gasteiger partial charge in [-0.3, -0.25) is 4.79 Å². The maximum Gasteiger partial charge on any atom is 0.306 e. The summed E-state index contributed by atoms with van der Waals surface area (Å²) in [7, 11) is 0. The molecule has 0 fully saturated rings. The first-order valence-electron chi connectivity index (χ1n) is 4.71. The van der Waals surface area contributed by atoms with Crippen molar-refractivity contribution in [1.82, 2.24) is 0 Å². The van der Waals surface area contributed by atoms with Crippen molar-refractivity contribution >= 4 is 5.97 Å². The van der Waals surface area contributed by atoms with Crippen LogP contribution in [0.3, 0.4) is 0 Å². The highest BCUT2D eigenvalue weighted by molar-refractivity contribution is 5.69. The lowest BCUT2D eigenvalue weighted by molar-refractivity contribution is -0.144. The van der Waals surface area contributed by atoms with Crippen molar-refractivity contribution in [3.05, 3.63) is 17.9 Å². The van der Waals surface area contributed by atoms with Crippen LogP contribution in [-0.4, -0.2) is 12.6 Å². The number of carbonyl (C=O) groups is 1. The topological polar surface area (TPSA) is 26.3 Å². The largest absolute Gasteiger partial charge is 0.466 e. The third-order valence-corrected chi connectivity index (χ3v) is 1.63. The summed E-state index contributed by atoms with van der Waals surface area (Å²) < 4.78 is 4.84. The number of ether oxygens (including phenoxy) is 1. The van der Waals surface area contributed by atoms with Gasteiger partial charge in [-0.15, -0.1) is 5.73 Å². The van der Waals surface area contributed by atoms with Crippen LogP contribution in [0.25, 0.3) is 0 Å². The van der Waals surface area contributed by atoms with Gasteiger partial charge in [-0.25, -0.2) is 0 Å². The van der Waals surface area contributed by atoms with Crippen molar-refractivity contribution in [2.45, 2.75) is 33.6 Å². The molecule has 0 heterocycles. The average molecular weight is 182 g/mol. The third-order valence-electron chi connectivity index (χ3n) is 1.63. The van der Waals surface area contributed by atoms with Crippen molar-refractivity contribution in [2.24, 2.45) is 5.92 Å². The van der Waals surface area contributed by atoms with Gasteiger partial charge in [0, 0.05) is 6.42 Å². The minimum Gasteiger partial charge on any atom is -0.466 e. The minimum atomic E-state index is -0.108. The monoisotopic (exact) mass is 182 g/mol. The summed E-state index contributed by atoms with van der Waals surface area (Å²) in [6.45, 7) is 6.25. The lowest BCUT2D eigenvalue weighted by atomic mass is 10.0. The van der Waals surface area contributed by atoms with Gasteiger partial charge in [-0.1, -0.05) is 6.92 Å². The zero-order valence-electron chi connectivity index (χ0n) is 8.67. The molecule has 2 heteroatoms. The molecule has 0 amide bonds. The Morgan fingerprint density at radius 3 is 2.85 bits per heavy atom. The Hall–Kier alpha value is -1.01. The Balaban J connectivity index is 3.67. The average Bonchev–Trinajstić information content (AvgIpc) is 2.05. The van der Waals surface area contributed by atoms with Gasteiger partial charge in [-0.2, -0.15) is 0 Å². The van der Waals surface area contributed by atoms with E-state index in [0.717, 1.165) is 6.42 Å². The van der Waals surface area contributed by atoms with Crippen LogP contribution in [0, 0.1) is 5.92 Å². The zero-order valence-corrected chi connectivity index (χ0v) is 8.67. The highest BCUT2D eigenvalue weighted by Crippen LogP contribution is 2.08. The van der Waals surface area contributed by atoms with Gasteiger partial charge in [0.2, 0.25) is 0 Å². The molecule has 0 rings (SSSR count). The van der Waals surface area contributed by atoms with E-state index >= 15 is 0 Å². The second-order valence-corrected chi connectivity index (χ2v) is 3.01. The number of rotatable bonds is 5. The lowest BCUT2D eigenvalue weighted by Crippen LogP contribution is -2.08. The third kappa shape index (κ3) is 7.35. The van der Waals surface area contributed by atoms with E-state index in [1.165, 1.54) is 0 Å². The summed E-state index contributed by atoms with van der Waals surface area (Å²) in [6, 6.07) is 0. The first-order valence-corrected chi connectivity index (χ1v) is 4.71. The van der Waals surface area contributed by atoms with Crippen molar-refractivity contribution in [3.63, 3.8) is 0 Å². The summed E-state index contributed by atoms with van der Waals surface area (Å²) >= 11 is 0. The SMILES string of the molecule is CC=C=CCC(C)CC(=O)OCC. The Morgan fingerprint density at radius 2 is 2.31 bits per heavy atom. The number of allylic oxidation sites excluding steroid dienone is 1. The Bertz CT molecular complexity index is 200. The predicted octanol–water partition coefficient (Wildman–Crippen LogP) is 2.70. The van der Waals surface area contributed by atoms with Crippen LogP contribution >= 0.6 is 0 Å². The van der Waals surface area contributed by atoms with E-state index in [0.29, 0.717) is 18.9 Å². The maximum absolute atomic E-state index is 11.0. The van der Waals surface area contributed by atoms with Crippen molar-refractivity contribution in [3.8, 4) is 0 Å². The normalized spacial score (nSPS) is 11.3. The lowest BCUT2D eigenvalue weighted by Gasteiger charge is -2.06. The molecule has 0 radical (unpaired) electrons. The summed E-state index contributed by atoms with van der Waals surface area (Å²) in [4.78, 5) is 11.0. The molecular weight excluding hydrogens is 164 g/mol. The Kier molecular flexibility index (Phi) is 7.04. The molecule has 0 spiro atoms. The first-order chi connectivity index (χ1) is 6.20. The molecule has 0 aromatic carbocycles. The Morgan fingerprint density at radius 1 is 1.62 bits per heavy atom. The molecule has 0 bridgehead atoms. The van der Waals surface area contributed by atoms with E-state index in [4.69, 9.17) is 4.74 Å². The highest BCUT2D eigenvalue weighted by atomic mass is 16.5. The van der Waals surface area contributed by atoms with E-state index in [2.05, 4.69) is 5.73 Å². The molecule has 13 heavy (non-hydrogen) atoms. The van der Waals surface area contributed by atoms with Crippen LogP contribution in [0.2, 0.25) is 0 Å². The van der Waals surface area contributed by atoms with Crippen LogP contribution in [0.1, 0.15) is 33.6 Å². The predicted molar refractivity (Wildman–Crippen MR) is 53.4 cm³/mol. The number of hydrogen-bond acceptors (Lipinski definition) is 2. The fraction of sp³-hybridized carbons (Fsp3) is 0.636.